The van der Waals surface area contributed by atoms with E-state index >= 15 is 0 Å². The summed E-state index contributed by atoms with van der Waals surface area (Å²) >= 11 is 5.74. The third-order valence-electron chi connectivity index (χ3n) is 3.39. The molecule has 1 aliphatic carbocycles. The Morgan fingerprint density at radius 1 is 1.05 bits per heavy atom. The van der Waals surface area contributed by atoms with E-state index in [-0.39, 0.29) is 5.75 Å². The summed E-state index contributed by atoms with van der Waals surface area (Å²) in [7, 11) is 0. The van der Waals surface area contributed by atoms with Gasteiger partial charge in [0.25, 0.3) is 0 Å². The van der Waals surface area contributed by atoms with Crippen LogP contribution in [0, 0.1) is 11.6 Å². The lowest BCUT2D eigenvalue weighted by atomic mass is 10.1. The second kappa shape index (κ2) is 4.63. The van der Waals surface area contributed by atoms with Crippen LogP contribution in [0.1, 0.15) is 18.4 Å². The zero-order valence-corrected chi connectivity index (χ0v) is 11.3. The van der Waals surface area contributed by atoms with E-state index in [1.807, 2.05) is 0 Å². The fourth-order valence-electron chi connectivity index (χ4n) is 2.21. The summed E-state index contributed by atoms with van der Waals surface area (Å²) in [5.41, 5.74) is 5.41. The first-order chi connectivity index (χ1) is 9.50. The van der Waals surface area contributed by atoms with Gasteiger partial charge in [0.05, 0.1) is 0 Å². The molecule has 3 rings (SSSR count). The molecule has 1 aliphatic rings. The molecular weight excluding hydrogens is 284 g/mol. The van der Waals surface area contributed by atoms with Crippen molar-refractivity contribution in [2.75, 3.05) is 5.73 Å². The summed E-state index contributed by atoms with van der Waals surface area (Å²) in [6, 6.07) is 8.61. The number of halogens is 3. The van der Waals surface area contributed by atoms with Crippen molar-refractivity contribution in [1.82, 2.24) is 0 Å². The molecule has 2 N–H and O–H groups in total. The number of rotatable bonds is 3. The lowest BCUT2D eigenvalue weighted by Crippen LogP contribution is -2.18. The SMILES string of the molecule is Nc1ccc(OC2(c3ccc(Cl)cc3F)CC2)c(F)c1. The number of nitrogen functional groups attached to an aromatic ring is 1. The van der Waals surface area contributed by atoms with Crippen LogP contribution in [0.15, 0.2) is 36.4 Å². The number of ether oxygens (including phenoxy) is 1. The smallest absolute Gasteiger partial charge is 0.167 e. The molecular formula is C15H12ClF2NO. The van der Waals surface area contributed by atoms with Crippen molar-refractivity contribution in [1.29, 1.82) is 0 Å². The fourth-order valence-corrected chi connectivity index (χ4v) is 2.37. The lowest BCUT2D eigenvalue weighted by molar-refractivity contribution is 0.167. The van der Waals surface area contributed by atoms with Crippen LogP contribution in [0.4, 0.5) is 14.5 Å². The molecule has 5 heteroatoms. The molecule has 0 unspecified atom stereocenters. The molecule has 2 aromatic carbocycles. The third kappa shape index (κ3) is 2.31. The lowest BCUT2D eigenvalue weighted by Gasteiger charge is -2.20. The molecule has 1 fully saturated rings. The molecule has 0 atom stereocenters. The van der Waals surface area contributed by atoms with Crippen molar-refractivity contribution >= 4 is 17.3 Å². The summed E-state index contributed by atoms with van der Waals surface area (Å²) in [5.74, 6) is -0.914. The minimum atomic E-state index is -0.800. The van der Waals surface area contributed by atoms with Crippen LogP contribution in [-0.4, -0.2) is 0 Å². The molecule has 0 amide bonds. The highest BCUT2D eigenvalue weighted by Crippen LogP contribution is 2.50. The van der Waals surface area contributed by atoms with Gasteiger partial charge in [0.15, 0.2) is 11.6 Å². The van der Waals surface area contributed by atoms with Gasteiger partial charge in [-0.2, -0.15) is 0 Å². The Morgan fingerprint density at radius 2 is 1.80 bits per heavy atom. The quantitative estimate of drug-likeness (QED) is 0.858. The highest BCUT2D eigenvalue weighted by atomic mass is 35.5. The average molecular weight is 296 g/mol. The molecule has 0 radical (unpaired) electrons. The predicted molar refractivity (Wildman–Crippen MR) is 73.8 cm³/mol. The van der Waals surface area contributed by atoms with Crippen molar-refractivity contribution in [3.63, 3.8) is 0 Å². The van der Waals surface area contributed by atoms with Crippen molar-refractivity contribution in [3.05, 3.63) is 58.6 Å². The molecule has 20 heavy (non-hydrogen) atoms. The maximum atomic E-state index is 14.0. The molecule has 0 aromatic heterocycles. The van der Waals surface area contributed by atoms with E-state index in [2.05, 4.69) is 0 Å². The monoisotopic (exact) mass is 295 g/mol. The zero-order chi connectivity index (χ0) is 14.3. The van der Waals surface area contributed by atoms with E-state index in [9.17, 15) is 8.78 Å². The molecule has 0 aliphatic heterocycles. The highest BCUT2D eigenvalue weighted by molar-refractivity contribution is 6.30. The van der Waals surface area contributed by atoms with Crippen molar-refractivity contribution in [2.24, 2.45) is 0 Å². The van der Waals surface area contributed by atoms with E-state index in [0.29, 0.717) is 29.1 Å². The van der Waals surface area contributed by atoms with Crippen LogP contribution >= 0.6 is 11.6 Å². The standard InChI is InChI=1S/C15H12ClF2NO/c16-9-1-3-11(12(17)7-9)15(5-6-15)20-14-4-2-10(19)8-13(14)18/h1-4,7-8H,5-6,19H2. The summed E-state index contributed by atoms with van der Waals surface area (Å²) in [5, 5.41) is 0.320. The molecule has 0 spiro atoms. The van der Waals surface area contributed by atoms with Crippen LogP contribution in [0.5, 0.6) is 5.75 Å². The first kappa shape index (κ1) is 13.2. The predicted octanol–water partition coefficient (Wildman–Crippen LogP) is 4.27. The maximum Gasteiger partial charge on any atom is 0.167 e. The van der Waals surface area contributed by atoms with Crippen LogP contribution in [0.3, 0.4) is 0 Å². The largest absolute Gasteiger partial charge is 0.479 e. The number of hydrogen-bond acceptors (Lipinski definition) is 2. The van der Waals surface area contributed by atoms with Gasteiger partial charge >= 0.3 is 0 Å². The highest BCUT2D eigenvalue weighted by Gasteiger charge is 2.49. The number of anilines is 1. The molecule has 104 valence electrons. The van der Waals surface area contributed by atoms with Crippen molar-refractivity contribution < 1.29 is 13.5 Å². The molecule has 1 saturated carbocycles. The molecule has 2 nitrogen and oxygen atoms in total. The van der Waals surface area contributed by atoms with Crippen LogP contribution in [-0.2, 0) is 5.60 Å². The van der Waals surface area contributed by atoms with Gasteiger partial charge in [-0.25, -0.2) is 8.78 Å². The Hall–Kier alpha value is -1.81. The Bertz CT molecular complexity index is 671. The second-order valence-corrected chi connectivity index (χ2v) is 5.35. The van der Waals surface area contributed by atoms with Gasteiger partial charge < -0.3 is 10.5 Å². The van der Waals surface area contributed by atoms with Gasteiger partial charge in [0, 0.05) is 22.3 Å². The minimum Gasteiger partial charge on any atom is -0.479 e. The first-order valence-electron chi connectivity index (χ1n) is 6.20. The summed E-state index contributed by atoms with van der Waals surface area (Å²) < 4.78 is 33.4. The summed E-state index contributed by atoms with van der Waals surface area (Å²) in [4.78, 5) is 0. The Kier molecular flexibility index (Phi) is 3.05. The van der Waals surface area contributed by atoms with E-state index in [0.717, 1.165) is 0 Å². The van der Waals surface area contributed by atoms with Gasteiger partial charge in [-0.15, -0.1) is 0 Å². The van der Waals surface area contributed by atoms with Gasteiger partial charge in [-0.05, 0) is 37.1 Å². The first-order valence-corrected chi connectivity index (χ1v) is 6.58. The van der Waals surface area contributed by atoms with E-state index in [1.54, 1.807) is 18.2 Å². The normalized spacial score (nSPS) is 15.9. The number of benzene rings is 2. The molecule has 0 bridgehead atoms. The van der Waals surface area contributed by atoms with E-state index in [4.69, 9.17) is 22.1 Å². The Morgan fingerprint density at radius 3 is 2.40 bits per heavy atom. The maximum absolute atomic E-state index is 14.0. The van der Waals surface area contributed by atoms with Crippen molar-refractivity contribution in [3.8, 4) is 5.75 Å². The Balaban J connectivity index is 1.93. The summed E-state index contributed by atoms with van der Waals surface area (Å²) in [6.07, 6.45) is 1.27. The summed E-state index contributed by atoms with van der Waals surface area (Å²) in [6.45, 7) is 0. The minimum absolute atomic E-state index is 0.0750. The van der Waals surface area contributed by atoms with Crippen LogP contribution in [0.25, 0.3) is 0 Å². The van der Waals surface area contributed by atoms with Gasteiger partial charge in [0.2, 0.25) is 0 Å². The number of hydrogen-bond donors (Lipinski definition) is 1. The topological polar surface area (TPSA) is 35.2 Å². The average Bonchev–Trinajstić information content (AvgIpc) is 3.13. The van der Waals surface area contributed by atoms with E-state index in [1.165, 1.54) is 18.2 Å². The van der Waals surface area contributed by atoms with Gasteiger partial charge in [-0.1, -0.05) is 17.7 Å². The second-order valence-electron chi connectivity index (χ2n) is 4.91. The van der Waals surface area contributed by atoms with E-state index < -0.39 is 17.2 Å². The van der Waals surface area contributed by atoms with Crippen LogP contribution < -0.4 is 10.5 Å². The van der Waals surface area contributed by atoms with Crippen molar-refractivity contribution in [2.45, 2.75) is 18.4 Å². The van der Waals surface area contributed by atoms with Gasteiger partial charge in [-0.3, -0.25) is 0 Å². The molecule has 0 heterocycles. The molecule has 0 saturated heterocycles. The Labute approximate surface area is 120 Å². The fraction of sp³-hybridized carbons (Fsp3) is 0.200. The van der Waals surface area contributed by atoms with Gasteiger partial charge in [0.1, 0.15) is 11.4 Å². The third-order valence-corrected chi connectivity index (χ3v) is 3.62. The zero-order valence-electron chi connectivity index (χ0n) is 10.5. The molecule has 2 aromatic rings. The number of nitrogens with two attached hydrogens (primary N) is 1. The van der Waals surface area contributed by atoms with Crippen LogP contribution in [0.2, 0.25) is 5.02 Å².